The van der Waals surface area contributed by atoms with Crippen LogP contribution in [0.25, 0.3) is 11.5 Å². The van der Waals surface area contributed by atoms with Crippen molar-refractivity contribution in [3.8, 4) is 11.5 Å². The number of aryl methyl sites for hydroxylation is 2. The highest BCUT2D eigenvalue weighted by atomic mass is 32.1. The Balaban J connectivity index is 1.65. The lowest BCUT2D eigenvalue weighted by atomic mass is 10.2. The van der Waals surface area contributed by atoms with Gasteiger partial charge in [-0.25, -0.2) is 0 Å². The van der Waals surface area contributed by atoms with Gasteiger partial charge in [0.2, 0.25) is 0 Å². The summed E-state index contributed by atoms with van der Waals surface area (Å²) in [4.78, 5) is 1.41. The average Bonchev–Trinajstić information content (AvgIpc) is 3.19. The number of H-pyrrole nitrogens is 1. The van der Waals surface area contributed by atoms with Crippen molar-refractivity contribution in [2.75, 3.05) is 0 Å². The summed E-state index contributed by atoms with van der Waals surface area (Å²) < 4.78 is 5.66. The molecule has 0 aliphatic carbocycles. The highest BCUT2D eigenvalue weighted by molar-refractivity contribution is 7.10. The molecule has 110 valence electrons. The van der Waals surface area contributed by atoms with Crippen molar-refractivity contribution in [1.82, 2.24) is 15.5 Å². The van der Waals surface area contributed by atoms with E-state index in [9.17, 15) is 0 Å². The molecule has 0 amide bonds. The average molecular weight is 301 g/mol. The Labute approximate surface area is 128 Å². The van der Waals surface area contributed by atoms with Crippen LogP contribution in [0.5, 0.6) is 0 Å². The van der Waals surface area contributed by atoms with Crippen molar-refractivity contribution in [3.05, 3.63) is 51.5 Å². The van der Waals surface area contributed by atoms with Crippen molar-refractivity contribution < 1.29 is 4.42 Å². The summed E-state index contributed by atoms with van der Waals surface area (Å²) in [7, 11) is 0. The van der Waals surface area contributed by atoms with E-state index in [4.69, 9.17) is 4.42 Å². The minimum Gasteiger partial charge on any atom is -0.460 e. The first-order valence-corrected chi connectivity index (χ1v) is 8.01. The van der Waals surface area contributed by atoms with E-state index in [1.165, 1.54) is 10.4 Å². The zero-order chi connectivity index (χ0) is 14.7. The van der Waals surface area contributed by atoms with Crippen molar-refractivity contribution in [2.24, 2.45) is 0 Å². The Morgan fingerprint density at radius 2 is 2.14 bits per heavy atom. The molecule has 2 N–H and O–H groups in total. The zero-order valence-corrected chi connectivity index (χ0v) is 13.1. The van der Waals surface area contributed by atoms with Gasteiger partial charge in [-0.2, -0.15) is 5.10 Å². The number of furan rings is 1. The molecule has 0 aliphatic rings. The number of aromatic amines is 1. The van der Waals surface area contributed by atoms with Crippen LogP contribution in [0.15, 0.2) is 34.2 Å². The lowest BCUT2D eigenvalue weighted by Crippen LogP contribution is -2.12. The van der Waals surface area contributed by atoms with Gasteiger partial charge < -0.3 is 9.73 Å². The molecule has 0 atom stereocenters. The predicted octanol–water partition coefficient (Wildman–Crippen LogP) is 3.89. The Morgan fingerprint density at radius 3 is 2.90 bits per heavy atom. The van der Waals surface area contributed by atoms with Gasteiger partial charge in [0.25, 0.3) is 0 Å². The predicted molar refractivity (Wildman–Crippen MR) is 85.3 cm³/mol. The molecule has 21 heavy (non-hydrogen) atoms. The molecule has 0 radical (unpaired) electrons. The fourth-order valence-electron chi connectivity index (χ4n) is 2.38. The summed E-state index contributed by atoms with van der Waals surface area (Å²) in [6, 6.07) is 6.14. The number of aromatic nitrogens is 2. The van der Waals surface area contributed by atoms with Crippen LogP contribution in [0.3, 0.4) is 0 Å². The molecule has 0 aromatic carbocycles. The Kier molecular flexibility index (Phi) is 4.22. The topological polar surface area (TPSA) is 53.9 Å². The van der Waals surface area contributed by atoms with Crippen molar-refractivity contribution >= 4 is 11.3 Å². The van der Waals surface area contributed by atoms with Crippen LogP contribution in [0.4, 0.5) is 0 Å². The summed E-state index contributed by atoms with van der Waals surface area (Å²) in [5, 5.41) is 12.8. The van der Waals surface area contributed by atoms with Crippen LogP contribution in [0.1, 0.15) is 28.7 Å². The monoisotopic (exact) mass is 301 g/mol. The highest BCUT2D eigenvalue weighted by Gasteiger charge is 2.11. The number of hydrogen-bond donors (Lipinski definition) is 2. The summed E-state index contributed by atoms with van der Waals surface area (Å²) in [5.41, 5.74) is 3.51. The van der Waals surface area contributed by atoms with Crippen LogP contribution in [-0.4, -0.2) is 10.2 Å². The van der Waals surface area contributed by atoms with Crippen LogP contribution in [0.2, 0.25) is 0 Å². The van der Waals surface area contributed by atoms with Gasteiger partial charge in [0.05, 0.1) is 6.20 Å². The molecule has 3 aromatic heterocycles. The molecular weight excluding hydrogens is 282 g/mol. The Morgan fingerprint density at radius 1 is 1.24 bits per heavy atom. The molecule has 3 rings (SSSR count). The van der Waals surface area contributed by atoms with Crippen LogP contribution in [0, 0.1) is 6.92 Å². The summed E-state index contributed by atoms with van der Waals surface area (Å²) in [5.74, 6) is 1.75. The first-order valence-electron chi connectivity index (χ1n) is 7.13. The molecule has 0 spiro atoms. The zero-order valence-electron chi connectivity index (χ0n) is 12.3. The molecule has 5 heteroatoms. The standard InChI is InChI=1S/C16H19N3OS/c1-3-12-6-7-21-15(12)10-17-8-13-9-18-19-16(13)14-5-4-11(2)20-14/h4-7,9,17H,3,8,10H2,1-2H3,(H,18,19). The smallest absolute Gasteiger partial charge is 0.152 e. The SMILES string of the molecule is CCc1ccsc1CNCc1cn[nH]c1-c1ccc(C)o1. The van der Waals surface area contributed by atoms with Crippen LogP contribution in [-0.2, 0) is 19.5 Å². The van der Waals surface area contributed by atoms with Crippen molar-refractivity contribution in [1.29, 1.82) is 0 Å². The maximum atomic E-state index is 5.66. The minimum absolute atomic E-state index is 0.770. The van der Waals surface area contributed by atoms with E-state index in [1.54, 1.807) is 0 Å². The van der Waals surface area contributed by atoms with Gasteiger partial charge in [-0.15, -0.1) is 11.3 Å². The third-order valence-corrected chi connectivity index (χ3v) is 4.49. The quantitative estimate of drug-likeness (QED) is 0.726. The molecule has 0 aliphatic heterocycles. The van der Waals surface area contributed by atoms with E-state index in [-0.39, 0.29) is 0 Å². The van der Waals surface area contributed by atoms with Gasteiger partial charge in [-0.3, -0.25) is 5.10 Å². The number of thiophene rings is 1. The van der Waals surface area contributed by atoms with E-state index in [1.807, 2.05) is 36.6 Å². The van der Waals surface area contributed by atoms with Gasteiger partial charge >= 0.3 is 0 Å². The van der Waals surface area contributed by atoms with E-state index < -0.39 is 0 Å². The summed E-state index contributed by atoms with van der Waals surface area (Å²) in [6.07, 6.45) is 2.94. The molecular formula is C16H19N3OS. The highest BCUT2D eigenvalue weighted by Crippen LogP contribution is 2.23. The molecule has 0 saturated heterocycles. The van der Waals surface area contributed by atoms with Gasteiger partial charge in [0, 0.05) is 23.5 Å². The molecule has 0 saturated carbocycles. The second-order valence-corrected chi connectivity index (χ2v) is 6.01. The first-order chi connectivity index (χ1) is 10.3. The molecule has 3 aromatic rings. The molecule has 3 heterocycles. The number of nitrogens with one attached hydrogen (secondary N) is 2. The normalized spacial score (nSPS) is 11.1. The van der Waals surface area contributed by atoms with Crippen molar-refractivity contribution in [2.45, 2.75) is 33.4 Å². The fraction of sp³-hybridized carbons (Fsp3) is 0.312. The lowest BCUT2D eigenvalue weighted by molar-refractivity contribution is 0.545. The molecule has 4 nitrogen and oxygen atoms in total. The van der Waals surface area contributed by atoms with Gasteiger partial charge in [0.1, 0.15) is 11.5 Å². The largest absolute Gasteiger partial charge is 0.460 e. The first kappa shape index (κ1) is 14.1. The van der Waals surface area contributed by atoms with Crippen molar-refractivity contribution in [3.63, 3.8) is 0 Å². The second-order valence-electron chi connectivity index (χ2n) is 5.01. The third kappa shape index (κ3) is 3.09. The van der Waals surface area contributed by atoms with Gasteiger partial charge in [-0.05, 0) is 42.5 Å². The molecule has 0 bridgehead atoms. The summed E-state index contributed by atoms with van der Waals surface area (Å²) >= 11 is 1.81. The summed E-state index contributed by atoms with van der Waals surface area (Å²) in [6.45, 7) is 5.80. The van der Waals surface area contributed by atoms with Crippen LogP contribution >= 0.6 is 11.3 Å². The molecule has 0 unspecified atom stereocenters. The van der Waals surface area contributed by atoms with Gasteiger partial charge in [-0.1, -0.05) is 6.92 Å². The number of rotatable bonds is 6. The lowest BCUT2D eigenvalue weighted by Gasteiger charge is -2.05. The van der Waals surface area contributed by atoms with Crippen LogP contribution < -0.4 is 5.32 Å². The molecule has 0 fully saturated rings. The number of hydrogen-bond acceptors (Lipinski definition) is 4. The Hall–Kier alpha value is -1.85. The fourth-order valence-corrected chi connectivity index (χ4v) is 3.32. The second kappa shape index (κ2) is 6.28. The van der Waals surface area contributed by atoms with E-state index in [2.05, 4.69) is 33.9 Å². The van der Waals surface area contributed by atoms with E-state index in [0.717, 1.165) is 42.3 Å². The minimum atomic E-state index is 0.770. The third-order valence-electron chi connectivity index (χ3n) is 3.52. The number of nitrogens with zero attached hydrogens (tertiary/aromatic N) is 1. The maximum Gasteiger partial charge on any atom is 0.152 e. The van der Waals surface area contributed by atoms with E-state index in [0.29, 0.717) is 0 Å². The van der Waals surface area contributed by atoms with Gasteiger partial charge in [0.15, 0.2) is 5.76 Å². The maximum absolute atomic E-state index is 5.66. The van der Waals surface area contributed by atoms with E-state index >= 15 is 0 Å². The Bertz CT molecular complexity index is 711.